The van der Waals surface area contributed by atoms with Crippen molar-refractivity contribution in [2.75, 3.05) is 18.0 Å². The van der Waals surface area contributed by atoms with E-state index in [0.29, 0.717) is 17.6 Å². The van der Waals surface area contributed by atoms with Crippen LogP contribution in [0.15, 0.2) is 18.3 Å². The normalized spacial score (nSPS) is 12.5. The van der Waals surface area contributed by atoms with Crippen molar-refractivity contribution in [2.45, 2.75) is 20.8 Å². The zero-order valence-corrected chi connectivity index (χ0v) is 11.7. The topological polar surface area (TPSA) is 53.4 Å². The third-order valence-corrected chi connectivity index (χ3v) is 2.87. The molecular formula is C13H19ClN2O2. The van der Waals surface area contributed by atoms with Gasteiger partial charge in [-0.3, -0.25) is 4.79 Å². The fourth-order valence-corrected chi connectivity index (χ4v) is 1.97. The average molecular weight is 271 g/mol. The highest BCUT2D eigenvalue weighted by atomic mass is 35.5. The summed E-state index contributed by atoms with van der Waals surface area (Å²) >= 11 is 6.07. The Morgan fingerprint density at radius 3 is 2.61 bits per heavy atom. The highest BCUT2D eigenvalue weighted by Gasteiger charge is 2.19. The van der Waals surface area contributed by atoms with E-state index in [0.717, 1.165) is 12.2 Å². The first-order chi connectivity index (χ1) is 8.41. The third kappa shape index (κ3) is 4.18. The van der Waals surface area contributed by atoms with Gasteiger partial charge >= 0.3 is 5.97 Å². The Kier molecular flexibility index (Phi) is 5.41. The van der Waals surface area contributed by atoms with Gasteiger partial charge in [-0.05, 0) is 18.1 Å². The average Bonchev–Trinajstić information content (AvgIpc) is 2.28. The molecule has 4 nitrogen and oxygen atoms in total. The van der Waals surface area contributed by atoms with Crippen molar-refractivity contribution in [1.29, 1.82) is 0 Å². The fourth-order valence-electron chi connectivity index (χ4n) is 1.73. The minimum Gasteiger partial charge on any atom is -0.481 e. The summed E-state index contributed by atoms with van der Waals surface area (Å²) in [6, 6.07) is 3.67. The minimum atomic E-state index is -0.802. The predicted molar refractivity (Wildman–Crippen MR) is 73.1 cm³/mol. The summed E-state index contributed by atoms with van der Waals surface area (Å²) in [7, 11) is 0. The van der Waals surface area contributed by atoms with Crippen molar-refractivity contribution >= 4 is 23.3 Å². The van der Waals surface area contributed by atoms with Crippen molar-refractivity contribution in [1.82, 2.24) is 4.98 Å². The molecule has 0 aliphatic heterocycles. The molecule has 0 saturated heterocycles. The molecule has 0 radical (unpaired) electrons. The lowest BCUT2D eigenvalue weighted by atomic mass is 10.1. The van der Waals surface area contributed by atoms with Crippen LogP contribution in [0.3, 0.4) is 0 Å². The Morgan fingerprint density at radius 1 is 1.44 bits per heavy atom. The summed E-state index contributed by atoms with van der Waals surface area (Å²) < 4.78 is 0. The SMILES string of the molecule is CC(C)CN(CC(C)C(=O)O)c1cccnc1Cl. The van der Waals surface area contributed by atoms with E-state index in [-0.39, 0.29) is 0 Å². The van der Waals surface area contributed by atoms with Gasteiger partial charge in [0.05, 0.1) is 11.6 Å². The van der Waals surface area contributed by atoms with Crippen LogP contribution in [0.5, 0.6) is 0 Å². The van der Waals surface area contributed by atoms with Crippen LogP contribution >= 0.6 is 11.6 Å². The van der Waals surface area contributed by atoms with E-state index in [2.05, 4.69) is 18.8 Å². The molecule has 0 bridgehead atoms. The Bertz CT molecular complexity index is 410. The monoisotopic (exact) mass is 270 g/mol. The number of aromatic nitrogens is 1. The van der Waals surface area contributed by atoms with Gasteiger partial charge in [-0.25, -0.2) is 4.98 Å². The number of hydrogen-bond acceptors (Lipinski definition) is 3. The van der Waals surface area contributed by atoms with E-state index in [1.807, 2.05) is 11.0 Å². The smallest absolute Gasteiger partial charge is 0.308 e. The number of carbonyl (C=O) groups is 1. The molecule has 0 fully saturated rings. The number of carboxylic acids is 1. The van der Waals surface area contributed by atoms with Crippen LogP contribution in [-0.2, 0) is 4.79 Å². The van der Waals surface area contributed by atoms with Gasteiger partial charge in [-0.2, -0.15) is 0 Å². The molecule has 1 rings (SSSR count). The number of pyridine rings is 1. The van der Waals surface area contributed by atoms with Gasteiger partial charge in [0.1, 0.15) is 0 Å². The van der Waals surface area contributed by atoms with Crippen molar-refractivity contribution in [2.24, 2.45) is 11.8 Å². The first-order valence-corrected chi connectivity index (χ1v) is 6.38. The number of nitrogens with zero attached hydrogens (tertiary/aromatic N) is 2. The van der Waals surface area contributed by atoms with Crippen LogP contribution in [0.2, 0.25) is 5.15 Å². The molecule has 0 saturated carbocycles. The Labute approximate surface area is 113 Å². The molecule has 18 heavy (non-hydrogen) atoms. The second kappa shape index (κ2) is 6.59. The molecule has 0 spiro atoms. The molecule has 0 amide bonds. The van der Waals surface area contributed by atoms with Gasteiger partial charge < -0.3 is 10.0 Å². The molecule has 1 aromatic heterocycles. The summed E-state index contributed by atoms with van der Waals surface area (Å²) in [6.07, 6.45) is 1.63. The zero-order chi connectivity index (χ0) is 13.7. The van der Waals surface area contributed by atoms with E-state index >= 15 is 0 Å². The molecule has 0 aromatic carbocycles. The van der Waals surface area contributed by atoms with Gasteiger partial charge in [0.15, 0.2) is 5.15 Å². The van der Waals surface area contributed by atoms with Gasteiger partial charge in [-0.15, -0.1) is 0 Å². The van der Waals surface area contributed by atoms with E-state index in [4.69, 9.17) is 16.7 Å². The molecule has 1 aromatic rings. The minimum absolute atomic E-state index is 0.413. The van der Waals surface area contributed by atoms with Gasteiger partial charge in [0.25, 0.3) is 0 Å². The number of carboxylic acid groups (broad SMARTS) is 1. The highest BCUT2D eigenvalue weighted by Crippen LogP contribution is 2.24. The maximum Gasteiger partial charge on any atom is 0.308 e. The zero-order valence-electron chi connectivity index (χ0n) is 10.9. The maximum atomic E-state index is 11.0. The predicted octanol–water partition coefficient (Wildman–Crippen LogP) is 2.92. The molecule has 1 atom stereocenters. The van der Waals surface area contributed by atoms with Gasteiger partial charge in [-0.1, -0.05) is 32.4 Å². The van der Waals surface area contributed by atoms with Crippen molar-refractivity contribution in [3.05, 3.63) is 23.5 Å². The summed E-state index contributed by atoms with van der Waals surface area (Å²) in [5.74, 6) is -0.828. The highest BCUT2D eigenvalue weighted by molar-refractivity contribution is 6.32. The second-order valence-electron chi connectivity index (χ2n) is 4.85. The van der Waals surface area contributed by atoms with Gasteiger partial charge in [0, 0.05) is 19.3 Å². The van der Waals surface area contributed by atoms with E-state index < -0.39 is 11.9 Å². The third-order valence-electron chi connectivity index (χ3n) is 2.58. The second-order valence-corrected chi connectivity index (χ2v) is 5.21. The maximum absolute atomic E-state index is 11.0. The lowest BCUT2D eigenvalue weighted by Gasteiger charge is -2.28. The fraction of sp³-hybridized carbons (Fsp3) is 0.538. The Morgan fingerprint density at radius 2 is 2.11 bits per heavy atom. The molecule has 5 heteroatoms. The van der Waals surface area contributed by atoms with Crippen LogP contribution in [0.1, 0.15) is 20.8 Å². The lowest BCUT2D eigenvalue weighted by Crippen LogP contribution is -2.34. The summed E-state index contributed by atoms with van der Waals surface area (Å²) in [5, 5.41) is 9.42. The number of halogens is 1. The van der Waals surface area contributed by atoms with Crippen LogP contribution in [0.4, 0.5) is 5.69 Å². The Hall–Kier alpha value is -1.29. The molecule has 1 N–H and O–H groups in total. The summed E-state index contributed by atoms with van der Waals surface area (Å²) in [4.78, 5) is 17.0. The number of anilines is 1. The van der Waals surface area contributed by atoms with E-state index in [1.54, 1.807) is 19.2 Å². The quantitative estimate of drug-likeness (QED) is 0.808. The standard InChI is InChI=1S/C13H19ClN2O2/c1-9(2)7-16(8-10(3)13(17)18)11-5-4-6-15-12(11)14/h4-6,9-10H,7-8H2,1-3H3,(H,17,18). The number of rotatable bonds is 6. The summed E-state index contributed by atoms with van der Waals surface area (Å²) in [6.45, 7) is 7.05. The number of aliphatic carboxylic acids is 1. The van der Waals surface area contributed by atoms with E-state index in [1.165, 1.54) is 0 Å². The Balaban J connectivity index is 2.91. The molecule has 1 unspecified atom stereocenters. The first kappa shape index (κ1) is 14.8. The van der Waals surface area contributed by atoms with E-state index in [9.17, 15) is 4.79 Å². The first-order valence-electron chi connectivity index (χ1n) is 6.00. The van der Waals surface area contributed by atoms with Crippen molar-refractivity contribution < 1.29 is 9.90 Å². The lowest BCUT2D eigenvalue weighted by molar-refractivity contribution is -0.140. The summed E-state index contributed by atoms with van der Waals surface area (Å²) in [5.41, 5.74) is 0.793. The molecule has 1 heterocycles. The van der Waals surface area contributed by atoms with Crippen LogP contribution < -0.4 is 4.90 Å². The largest absolute Gasteiger partial charge is 0.481 e. The van der Waals surface area contributed by atoms with Crippen LogP contribution in [0, 0.1) is 11.8 Å². The molecule has 0 aliphatic carbocycles. The number of hydrogen-bond donors (Lipinski definition) is 1. The molecular weight excluding hydrogens is 252 g/mol. The molecule has 0 aliphatic rings. The van der Waals surface area contributed by atoms with Crippen LogP contribution in [0.25, 0.3) is 0 Å². The van der Waals surface area contributed by atoms with Crippen LogP contribution in [-0.4, -0.2) is 29.1 Å². The molecule has 100 valence electrons. The van der Waals surface area contributed by atoms with Gasteiger partial charge in [0.2, 0.25) is 0 Å². The van der Waals surface area contributed by atoms with Crippen molar-refractivity contribution in [3.8, 4) is 0 Å². The van der Waals surface area contributed by atoms with Crippen molar-refractivity contribution in [3.63, 3.8) is 0 Å².